The summed E-state index contributed by atoms with van der Waals surface area (Å²) in [5, 5.41) is 3.16. The van der Waals surface area contributed by atoms with Crippen LogP contribution in [0.3, 0.4) is 0 Å². The predicted octanol–water partition coefficient (Wildman–Crippen LogP) is 1.47. The molecule has 0 saturated carbocycles. The third-order valence-electron chi connectivity index (χ3n) is 1.25. The molecule has 0 bridgehead atoms. The van der Waals surface area contributed by atoms with Crippen molar-refractivity contribution in [3.63, 3.8) is 0 Å². The van der Waals surface area contributed by atoms with Gasteiger partial charge in [-0.2, -0.15) is 0 Å². The molecular formula is C8H15N3OS. The van der Waals surface area contributed by atoms with Gasteiger partial charge >= 0.3 is 6.03 Å². The molecule has 0 saturated heterocycles. The van der Waals surface area contributed by atoms with Gasteiger partial charge in [0.15, 0.2) is 0 Å². The van der Waals surface area contributed by atoms with Crippen LogP contribution in [0.15, 0.2) is 16.9 Å². The van der Waals surface area contributed by atoms with Crippen LogP contribution in [0.25, 0.3) is 0 Å². The highest BCUT2D eigenvalue weighted by atomic mass is 32.1. The SMILES string of the molecule is CNC(=O)N(C)/C=C(C)/N=C(/C)S. The molecule has 13 heavy (non-hydrogen) atoms. The lowest BCUT2D eigenvalue weighted by Gasteiger charge is -2.11. The van der Waals surface area contributed by atoms with Gasteiger partial charge < -0.3 is 10.2 Å². The van der Waals surface area contributed by atoms with Crippen LogP contribution < -0.4 is 5.32 Å². The Labute approximate surface area is 84.1 Å². The number of allylic oxidation sites excluding steroid dienone is 1. The van der Waals surface area contributed by atoms with Gasteiger partial charge in [0.05, 0.1) is 10.7 Å². The zero-order valence-electron chi connectivity index (χ0n) is 8.33. The summed E-state index contributed by atoms with van der Waals surface area (Å²) in [6.07, 6.45) is 1.64. The zero-order chi connectivity index (χ0) is 10.4. The van der Waals surface area contributed by atoms with Gasteiger partial charge in [-0.3, -0.25) is 4.99 Å². The van der Waals surface area contributed by atoms with Crippen LogP contribution in [0.4, 0.5) is 4.79 Å². The van der Waals surface area contributed by atoms with Crippen molar-refractivity contribution in [3.8, 4) is 0 Å². The van der Waals surface area contributed by atoms with Crippen LogP contribution in [0.5, 0.6) is 0 Å². The molecule has 2 amide bonds. The zero-order valence-corrected chi connectivity index (χ0v) is 9.22. The lowest BCUT2D eigenvalue weighted by atomic mass is 10.5. The highest BCUT2D eigenvalue weighted by molar-refractivity contribution is 7.96. The predicted molar refractivity (Wildman–Crippen MR) is 58.1 cm³/mol. The third kappa shape index (κ3) is 5.30. The number of thiol groups is 1. The molecule has 0 rings (SSSR count). The minimum absolute atomic E-state index is 0.175. The van der Waals surface area contributed by atoms with Crippen molar-refractivity contribution in [3.05, 3.63) is 11.9 Å². The van der Waals surface area contributed by atoms with Gasteiger partial charge in [-0.05, 0) is 13.8 Å². The smallest absolute Gasteiger partial charge is 0.320 e. The van der Waals surface area contributed by atoms with Crippen LogP contribution in [0.1, 0.15) is 13.8 Å². The van der Waals surface area contributed by atoms with Crippen LogP contribution >= 0.6 is 12.6 Å². The molecule has 0 aromatic heterocycles. The molecule has 0 aliphatic heterocycles. The van der Waals surface area contributed by atoms with E-state index in [1.54, 1.807) is 34.1 Å². The Morgan fingerprint density at radius 3 is 2.46 bits per heavy atom. The summed E-state index contributed by atoms with van der Waals surface area (Å²) in [5.74, 6) is 0. The van der Waals surface area contributed by atoms with Crippen LogP contribution in [-0.4, -0.2) is 30.1 Å². The molecule has 5 heteroatoms. The normalized spacial score (nSPS) is 12.7. The van der Waals surface area contributed by atoms with E-state index in [-0.39, 0.29) is 6.03 Å². The third-order valence-corrected chi connectivity index (χ3v) is 1.35. The second kappa shape index (κ2) is 5.64. The number of hydrogen-bond acceptors (Lipinski definition) is 2. The molecular weight excluding hydrogens is 186 g/mol. The van der Waals surface area contributed by atoms with Crippen molar-refractivity contribution in [1.29, 1.82) is 0 Å². The Kier molecular flexibility index (Phi) is 5.22. The molecule has 0 spiro atoms. The molecule has 0 radical (unpaired) electrons. The van der Waals surface area contributed by atoms with Crippen LogP contribution in [0.2, 0.25) is 0 Å². The Morgan fingerprint density at radius 2 is 2.08 bits per heavy atom. The minimum Gasteiger partial charge on any atom is -0.341 e. The van der Waals surface area contributed by atoms with Gasteiger partial charge in [-0.1, -0.05) is 0 Å². The average Bonchev–Trinajstić information content (AvgIpc) is 2.01. The van der Waals surface area contributed by atoms with Crippen molar-refractivity contribution in [2.75, 3.05) is 14.1 Å². The first-order valence-electron chi connectivity index (χ1n) is 3.84. The van der Waals surface area contributed by atoms with E-state index >= 15 is 0 Å². The van der Waals surface area contributed by atoms with E-state index in [0.717, 1.165) is 5.70 Å². The molecule has 0 aliphatic carbocycles. The van der Waals surface area contributed by atoms with Crippen molar-refractivity contribution >= 4 is 23.7 Å². The fourth-order valence-corrected chi connectivity index (χ4v) is 0.957. The van der Waals surface area contributed by atoms with E-state index in [1.807, 2.05) is 0 Å². The lowest BCUT2D eigenvalue weighted by molar-refractivity contribution is 0.224. The molecule has 74 valence electrons. The number of rotatable bonds is 2. The van der Waals surface area contributed by atoms with Gasteiger partial charge in [-0.25, -0.2) is 4.79 Å². The van der Waals surface area contributed by atoms with Crippen molar-refractivity contribution in [2.45, 2.75) is 13.8 Å². The summed E-state index contributed by atoms with van der Waals surface area (Å²) in [6.45, 7) is 3.58. The molecule has 0 aromatic rings. The standard InChI is InChI=1S/C8H15N3OS/c1-6(10-7(2)13)5-11(4)8(12)9-3/h5H,1-4H3,(H,9,12)(H,10,13)/b6-5+. The van der Waals surface area contributed by atoms with Gasteiger partial charge in [0.2, 0.25) is 0 Å². The fourth-order valence-electron chi connectivity index (χ4n) is 0.799. The Balaban J connectivity index is 4.39. The average molecular weight is 201 g/mol. The summed E-state index contributed by atoms with van der Waals surface area (Å²) >= 11 is 4.02. The van der Waals surface area contributed by atoms with E-state index in [9.17, 15) is 4.79 Å². The second-order valence-electron chi connectivity index (χ2n) is 2.60. The first-order valence-corrected chi connectivity index (χ1v) is 4.29. The summed E-state index contributed by atoms with van der Waals surface area (Å²) in [4.78, 5) is 16.5. The number of hydrogen-bond donors (Lipinski definition) is 2. The first kappa shape index (κ1) is 12.0. The summed E-state index contributed by atoms with van der Waals surface area (Å²) in [6, 6.07) is -0.175. The topological polar surface area (TPSA) is 44.7 Å². The molecule has 0 unspecified atom stereocenters. The van der Waals surface area contributed by atoms with Crippen LogP contribution in [0, 0.1) is 0 Å². The number of nitrogens with one attached hydrogen (secondary N) is 1. The van der Waals surface area contributed by atoms with E-state index in [1.165, 1.54) is 4.90 Å². The van der Waals surface area contributed by atoms with Gasteiger partial charge in [-0.15, -0.1) is 12.6 Å². The van der Waals surface area contributed by atoms with Gasteiger partial charge in [0.1, 0.15) is 0 Å². The maximum Gasteiger partial charge on any atom is 0.320 e. The van der Waals surface area contributed by atoms with Gasteiger partial charge in [0, 0.05) is 20.3 Å². The van der Waals surface area contributed by atoms with E-state index in [4.69, 9.17) is 0 Å². The van der Waals surface area contributed by atoms with Crippen molar-refractivity contribution in [2.24, 2.45) is 4.99 Å². The number of nitrogens with zero attached hydrogens (tertiary/aromatic N) is 2. The number of carbonyl (C=O) groups excluding carboxylic acids is 1. The van der Waals surface area contributed by atoms with Gasteiger partial charge in [0.25, 0.3) is 0 Å². The first-order chi connectivity index (χ1) is 5.97. The quantitative estimate of drug-likeness (QED) is 0.396. The maximum absolute atomic E-state index is 11.0. The number of aliphatic imine (C=N–C) groups is 1. The maximum atomic E-state index is 11.0. The minimum atomic E-state index is -0.175. The lowest BCUT2D eigenvalue weighted by Crippen LogP contribution is -2.31. The molecule has 0 aliphatic rings. The number of amides is 2. The molecule has 0 aromatic carbocycles. The Morgan fingerprint density at radius 1 is 1.54 bits per heavy atom. The second-order valence-corrected chi connectivity index (χ2v) is 3.24. The van der Waals surface area contributed by atoms with Crippen molar-refractivity contribution in [1.82, 2.24) is 10.2 Å². The van der Waals surface area contributed by atoms with E-state index < -0.39 is 0 Å². The fraction of sp³-hybridized carbons (Fsp3) is 0.500. The number of urea groups is 1. The summed E-state index contributed by atoms with van der Waals surface area (Å²) in [5.41, 5.74) is 0.735. The van der Waals surface area contributed by atoms with Crippen LogP contribution in [-0.2, 0) is 0 Å². The Hall–Kier alpha value is -0.970. The molecule has 0 atom stereocenters. The number of carbonyl (C=O) groups is 1. The molecule has 0 heterocycles. The Bertz CT molecular complexity index is 244. The van der Waals surface area contributed by atoms with Crippen molar-refractivity contribution < 1.29 is 4.79 Å². The van der Waals surface area contributed by atoms with E-state index in [0.29, 0.717) is 5.04 Å². The highest BCUT2D eigenvalue weighted by Gasteiger charge is 2.01. The monoisotopic (exact) mass is 201 g/mol. The summed E-state index contributed by atoms with van der Waals surface area (Å²) < 4.78 is 0. The molecule has 0 fully saturated rings. The summed E-state index contributed by atoms with van der Waals surface area (Å²) in [7, 11) is 3.24. The largest absolute Gasteiger partial charge is 0.341 e. The molecule has 4 nitrogen and oxygen atoms in total. The highest BCUT2D eigenvalue weighted by Crippen LogP contribution is 1.99. The van der Waals surface area contributed by atoms with E-state index in [2.05, 4.69) is 22.9 Å². The molecule has 1 N–H and O–H groups in total.